The van der Waals surface area contributed by atoms with Crippen molar-refractivity contribution in [1.29, 1.82) is 0 Å². The van der Waals surface area contributed by atoms with Gasteiger partial charge in [0.15, 0.2) is 11.6 Å². The third-order valence-corrected chi connectivity index (χ3v) is 5.78. The zero-order valence-corrected chi connectivity index (χ0v) is 18.8. The summed E-state index contributed by atoms with van der Waals surface area (Å²) in [5.41, 5.74) is 3.47. The summed E-state index contributed by atoms with van der Waals surface area (Å²) in [7, 11) is 0. The van der Waals surface area contributed by atoms with Gasteiger partial charge in [0, 0.05) is 55.6 Å². The van der Waals surface area contributed by atoms with E-state index in [0.29, 0.717) is 19.6 Å². The lowest BCUT2D eigenvalue weighted by Crippen LogP contribution is -2.38. The Morgan fingerprint density at radius 1 is 0.970 bits per heavy atom. The maximum Gasteiger partial charge on any atom is 0.321 e. The average molecular weight is 452 g/mol. The minimum Gasteiger partial charge on any atom is -0.354 e. The first kappa shape index (κ1) is 22.6. The van der Waals surface area contributed by atoms with Crippen LogP contribution in [0.25, 0.3) is 0 Å². The lowest BCUT2D eigenvalue weighted by molar-refractivity contribution is 0.215. The number of carbonyl (C=O) groups is 1. The molecule has 4 rings (SSSR count). The number of aromatic nitrogens is 2. The fourth-order valence-electron chi connectivity index (χ4n) is 4.10. The molecule has 6 nitrogen and oxygen atoms in total. The van der Waals surface area contributed by atoms with Crippen molar-refractivity contribution in [2.45, 2.75) is 26.7 Å². The van der Waals surface area contributed by atoms with Gasteiger partial charge in [-0.15, -0.1) is 0 Å². The highest BCUT2D eigenvalue weighted by molar-refractivity contribution is 5.89. The van der Waals surface area contributed by atoms with Crippen LogP contribution < -0.4 is 10.2 Å². The van der Waals surface area contributed by atoms with Gasteiger partial charge in [0.2, 0.25) is 0 Å². The molecule has 8 heteroatoms. The van der Waals surface area contributed by atoms with Crippen molar-refractivity contribution in [2.24, 2.45) is 0 Å². The normalized spacial score (nSPS) is 14.2. The standard InChI is InChI=1S/C25H27F2N5O/c1-17-21(15-19-7-4-3-5-8-19)24(29-18(2)28-17)31-11-6-12-32(14-13-31)25(33)30-20-9-10-22(26)23(27)16-20/h3-5,7-10,16H,6,11-15H2,1-2H3,(H,30,33). The number of amides is 2. The number of anilines is 2. The van der Waals surface area contributed by atoms with Gasteiger partial charge >= 0.3 is 6.03 Å². The number of halogens is 2. The Balaban J connectivity index is 1.49. The summed E-state index contributed by atoms with van der Waals surface area (Å²) < 4.78 is 26.6. The molecule has 0 bridgehead atoms. The zero-order valence-electron chi connectivity index (χ0n) is 18.8. The van der Waals surface area contributed by atoms with Crippen LogP contribution in [0.5, 0.6) is 0 Å². The van der Waals surface area contributed by atoms with Crippen LogP contribution in [0.1, 0.15) is 29.1 Å². The molecule has 1 aromatic heterocycles. The van der Waals surface area contributed by atoms with Crippen LogP contribution in [0.3, 0.4) is 0 Å². The Morgan fingerprint density at radius 2 is 1.76 bits per heavy atom. The molecule has 1 N–H and O–H groups in total. The van der Waals surface area contributed by atoms with Crippen molar-refractivity contribution >= 4 is 17.5 Å². The molecule has 1 aliphatic rings. The van der Waals surface area contributed by atoms with Gasteiger partial charge in [-0.2, -0.15) is 0 Å². The first-order valence-corrected chi connectivity index (χ1v) is 11.0. The van der Waals surface area contributed by atoms with Crippen LogP contribution in [0, 0.1) is 25.5 Å². The number of nitrogens with one attached hydrogen (secondary N) is 1. The van der Waals surface area contributed by atoms with Crippen molar-refractivity contribution in [2.75, 3.05) is 36.4 Å². The highest BCUT2D eigenvalue weighted by atomic mass is 19.2. The fraction of sp³-hybridized carbons (Fsp3) is 0.320. The Bertz CT molecular complexity index is 1140. The van der Waals surface area contributed by atoms with Gasteiger partial charge in [0.1, 0.15) is 11.6 Å². The second kappa shape index (κ2) is 9.94. The largest absolute Gasteiger partial charge is 0.354 e. The molecule has 1 saturated heterocycles. The van der Waals surface area contributed by atoms with E-state index in [2.05, 4.69) is 27.3 Å². The molecule has 0 radical (unpaired) electrons. The van der Waals surface area contributed by atoms with Gasteiger partial charge in [-0.3, -0.25) is 0 Å². The summed E-state index contributed by atoms with van der Waals surface area (Å²) in [6, 6.07) is 13.2. The molecule has 2 aromatic carbocycles. The monoisotopic (exact) mass is 451 g/mol. The third-order valence-electron chi connectivity index (χ3n) is 5.78. The number of rotatable bonds is 4. The zero-order chi connectivity index (χ0) is 23.4. The predicted octanol–water partition coefficient (Wildman–Crippen LogP) is 4.71. The molecule has 2 heterocycles. The molecule has 0 unspecified atom stereocenters. The maximum absolute atomic E-state index is 13.5. The van der Waals surface area contributed by atoms with E-state index in [4.69, 9.17) is 4.98 Å². The highest BCUT2D eigenvalue weighted by Gasteiger charge is 2.23. The molecule has 1 fully saturated rings. The summed E-state index contributed by atoms with van der Waals surface area (Å²) >= 11 is 0. The van der Waals surface area contributed by atoms with Gasteiger partial charge < -0.3 is 15.1 Å². The van der Waals surface area contributed by atoms with E-state index in [1.165, 1.54) is 11.6 Å². The van der Waals surface area contributed by atoms with Gasteiger partial charge in [-0.1, -0.05) is 30.3 Å². The number of hydrogen-bond acceptors (Lipinski definition) is 4. The van der Waals surface area contributed by atoms with E-state index in [1.54, 1.807) is 4.90 Å². The van der Waals surface area contributed by atoms with Crippen molar-refractivity contribution in [3.8, 4) is 0 Å². The van der Waals surface area contributed by atoms with Gasteiger partial charge in [0.05, 0.1) is 0 Å². The molecular formula is C25H27F2N5O. The number of urea groups is 1. The van der Waals surface area contributed by atoms with E-state index in [9.17, 15) is 13.6 Å². The molecule has 0 saturated carbocycles. The molecule has 0 atom stereocenters. The van der Waals surface area contributed by atoms with Crippen LogP contribution in [-0.2, 0) is 6.42 Å². The van der Waals surface area contributed by atoms with Gasteiger partial charge in [-0.25, -0.2) is 23.5 Å². The molecular weight excluding hydrogens is 424 g/mol. The first-order chi connectivity index (χ1) is 15.9. The lowest BCUT2D eigenvalue weighted by atomic mass is 10.0. The minimum atomic E-state index is -0.990. The Morgan fingerprint density at radius 3 is 2.52 bits per heavy atom. The molecule has 172 valence electrons. The number of benzene rings is 2. The first-order valence-electron chi connectivity index (χ1n) is 11.0. The number of hydrogen-bond donors (Lipinski definition) is 1. The summed E-state index contributed by atoms with van der Waals surface area (Å²) in [5.74, 6) is -0.307. The van der Waals surface area contributed by atoms with E-state index in [0.717, 1.165) is 54.4 Å². The Kier molecular flexibility index (Phi) is 6.82. The van der Waals surface area contributed by atoms with Gasteiger partial charge in [-0.05, 0) is 38.0 Å². The van der Waals surface area contributed by atoms with Gasteiger partial charge in [0.25, 0.3) is 0 Å². The van der Waals surface area contributed by atoms with Crippen LogP contribution in [0.15, 0.2) is 48.5 Å². The second-order valence-corrected chi connectivity index (χ2v) is 8.21. The van der Waals surface area contributed by atoms with Crippen molar-refractivity contribution in [3.63, 3.8) is 0 Å². The summed E-state index contributed by atoms with van der Waals surface area (Å²) in [4.78, 5) is 26.0. The predicted molar refractivity (Wildman–Crippen MR) is 125 cm³/mol. The smallest absolute Gasteiger partial charge is 0.321 e. The topological polar surface area (TPSA) is 61.4 Å². The molecule has 1 aliphatic heterocycles. The number of carbonyl (C=O) groups excluding carboxylic acids is 1. The molecule has 2 amide bonds. The minimum absolute atomic E-state index is 0.229. The number of nitrogens with zero attached hydrogens (tertiary/aromatic N) is 4. The van der Waals surface area contributed by atoms with Crippen molar-refractivity contribution < 1.29 is 13.6 Å². The van der Waals surface area contributed by atoms with Crippen LogP contribution in [0.4, 0.5) is 25.1 Å². The average Bonchev–Trinajstić information content (AvgIpc) is 3.05. The maximum atomic E-state index is 13.5. The Labute approximate surface area is 192 Å². The van der Waals surface area contributed by atoms with Crippen LogP contribution in [-0.4, -0.2) is 47.1 Å². The lowest BCUT2D eigenvalue weighted by Gasteiger charge is -2.26. The molecule has 3 aromatic rings. The molecule has 0 aliphatic carbocycles. The quantitative estimate of drug-likeness (QED) is 0.624. The molecule has 33 heavy (non-hydrogen) atoms. The van der Waals surface area contributed by atoms with Crippen molar-refractivity contribution in [1.82, 2.24) is 14.9 Å². The third kappa shape index (κ3) is 5.45. The summed E-state index contributed by atoms with van der Waals surface area (Å²) in [5, 5.41) is 2.66. The second-order valence-electron chi connectivity index (χ2n) is 8.21. The summed E-state index contributed by atoms with van der Waals surface area (Å²) in [6.45, 7) is 6.32. The van der Waals surface area contributed by atoms with E-state index >= 15 is 0 Å². The van der Waals surface area contributed by atoms with Crippen molar-refractivity contribution in [3.05, 3.63) is 82.8 Å². The van der Waals surface area contributed by atoms with E-state index in [-0.39, 0.29) is 11.7 Å². The molecule has 0 spiro atoms. The fourth-order valence-corrected chi connectivity index (χ4v) is 4.10. The van der Waals surface area contributed by atoms with Crippen LogP contribution in [0.2, 0.25) is 0 Å². The van der Waals surface area contributed by atoms with Crippen LogP contribution >= 0.6 is 0 Å². The number of aryl methyl sites for hydroxylation is 2. The van der Waals surface area contributed by atoms with E-state index in [1.807, 2.05) is 32.0 Å². The van der Waals surface area contributed by atoms with E-state index < -0.39 is 11.6 Å². The Hall–Kier alpha value is -3.55. The summed E-state index contributed by atoms with van der Waals surface area (Å²) in [6.07, 6.45) is 1.50. The highest BCUT2D eigenvalue weighted by Crippen LogP contribution is 2.25. The SMILES string of the molecule is Cc1nc(C)c(Cc2ccccc2)c(N2CCCN(C(=O)Nc3ccc(F)c(F)c3)CC2)n1.